The number of methoxy groups -OCH3 is 1. The van der Waals surface area contributed by atoms with E-state index in [0.717, 1.165) is 0 Å². The summed E-state index contributed by atoms with van der Waals surface area (Å²) in [4.78, 5) is 27.3. The molecule has 0 fully saturated rings. The normalized spacial score (nSPS) is 16.1. The van der Waals surface area contributed by atoms with Gasteiger partial charge in [-0.2, -0.15) is 26.3 Å². The molecule has 2 N–H and O–H groups in total. The highest BCUT2D eigenvalue weighted by Gasteiger charge is 2.38. The van der Waals surface area contributed by atoms with Crippen molar-refractivity contribution in [2.75, 3.05) is 32.2 Å². The zero-order valence-corrected chi connectivity index (χ0v) is 22.3. The largest absolute Gasteiger partial charge is 0.460 e. The van der Waals surface area contributed by atoms with Crippen LogP contribution in [0.3, 0.4) is 0 Å². The lowest BCUT2D eigenvalue weighted by Crippen LogP contribution is -2.47. The first-order chi connectivity index (χ1) is 18.7. The molecule has 1 heterocycles. The van der Waals surface area contributed by atoms with Gasteiger partial charge in [0.25, 0.3) is 5.91 Å². The molecule has 0 saturated carbocycles. The van der Waals surface area contributed by atoms with E-state index in [4.69, 9.17) is 21.7 Å². The molecule has 0 aromatic heterocycles. The molecule has 0 aliphatic carbocycles. The molecular weight excluding hydrogens is 564 g/mol. The number of alkyl halides is 6. The van der Waals surface area contributed by atoms with Crippen molar-refractivity contribution in [2.24, 2.45) is 0 Å². The van der Waals surface area contributed by atoms with Crippen LogP contribution in [-0.2, 0) is 26.6 Å². The molecule has 2 aromatic carbocycles. The van der Waals surface area contributed by atoms with E-state index in [1.54, 1.807) is 11.8 Å². The van der Waals surface area contributed by atoms with Gasteiger partial charge in [0.05, 0.1) is 29.3 Å². The van der Waals surface area contributed by atoms with Crippen LogP contribution in [0, 0.1) is 0 Å². The number of anilines is 1. The van der Waals surface area contributed by atoms with Crippen LogP contribution in [-0.4, -0.2) is 48.8 Å². The second-order valence-electron chi connectivity index (χ2n) is 8.63. The van der Waals surface area contributed by atoms with Gasteiger partial charge in [0.15, 0.2) is 5.11 Å². The molecule has 216 valence electrons. The van der Waals surface area contributed by atoms with E-state index in [1.165, 1.54) is 31.4 Å². The topological polar surface area (TPSA) is 79.9 Å². The lowest BCUT2D eigenvalue weighted by atomic mass is 9.94. The summed E-state index contributed by atoms with van der Waals surface area (Å²) in [6, 6.07) is 5.76. The van der Waals surface area contributed by atoms with Crippen LogP contribution in [0.15, 0.2) is 53.7 Å². The molecular formula is C26H25F6N3O4S. The number of allylic oxidation sites excluding steroid dienone is 1. The summed E-state index contributed by atoms with van der Waals surface area (Å²) in [6.07, 6.45) is -10.2. The summed E-state index contributed by atoms with van der Waals surface area (Å²) < 4.78 is 89.2. The van der Waals surface area contributed by atoms with Gasteiger partial charge in [-0.25, -0.2) is 4.79 Å². The van der Waals surface area contributed by atoms with E-state index in [2.05, 4.69) is 10.6 Å². The Morgan fingerprint density at radius 3 is 2.08 bits per heavy atom. The van der Waals surface area contributed by atoms with Crippen molar-refractivity contribution in [1.82, 2.24) is 10.2 Å². The first kappa shape index (κ1) is 30.9. The van der Waals surface area contributed by atoms with Gasteiger partial charge >= 0.3 is 18.3 Å². The summed E-state index contributed by atoms with van der Waals surface area (Å²) in [7, 11) is 1.46. The monoisotopic (exact) mass is 589 g/mol. The first-order valence-corrected chi connectivity index (χ1v) is 12.2. The third-order valence-corrected chi connectivity index (χ3v) is 6.34. The molecule has 0 spiro atoms. The van der Waals surface area contributed by atoms with Gasteiger partial charge in [-0.1, -0.05) is 12.1 Å². The molecule has 0 radical (unpaired) electrons. The number of nitrogens with one attached hydrogen (secondary N) is 2. The van der Waals surface area contributed by atoms with Gasteiger partial charge in [-0.05, 0) is 62.0 Å². The van der Waals surface area contributed by atoms with Gasteiger partial charge < -0.3 is 25.0 Å². The van der Waals surface area contributed by atoms with E-state index in [9.17, 15) is 35.9 Å². The van der Waals surface area contributed by atoms with Crippen LogP contribution < -0.4 is 10.6 Å². The predicted molar refractivity (Wildman–Crippen MR) is 137 cm³/mol. The fourth-order valence-corrected chi connectivity index (χ4v) is 4.40. The number of thiocarbonyl (C=S) groups is 1. The zero-order chi connectivity index (χ0) is 29.8. The highest BCUT2D eigenvalue weighted by Crippen LogP contribution is 2.37. The Balaban J connectivity index is 1.89. The Kier molecular flexibility index (Phi) is 9.46. The second-order valence-corrected chi connectivity index (χ2v) is 9.01. The van der Waals surface area contributed by atoms with Crippen molar-refractivity contribution >= 4 is 34.9 Å². The Bertz CT molecular complexity index is 1280. The lowest BCUT2D eigenvalue weighted by molar-refractivity contribution is -0.143. The molecule has 14 heteroatoms. The predicted octanol–water partition coefficient (Wildman–Crippen LogP) is 5.69. The summed E-state index contributed by atoms with van der Waals surface area (Å²) in [5.74, 6) is -1.77. The maximum atomic E-state index is 13.2. The highest BCUT2D eigenvalue weighted by molar-refractivity contribution is 7.80. The standard InChI is InChI=1S/C26H25F6N3O4S/c1-4-35-14(2)20(23(37)39-10-9-38-3)21(34-24(35)40)15-5-7-19(8-6-15)33-22(36)16-11-17(25(27,28)29)13-18(12-16)26(30,31)32/h5-8,11-13,21H,4,9-10H2,1-3H3,(H,33,36)(H,34,40). The number of carbonyl (C=O) groups excluding carboxylic acids is 2. The number of benzene rings is 2. The summed E-state index contributed by atoms with van der Waals surface area (Å²) in [6.45, 7) is 4.26. The molecule has 2 aromatic rings. The number of carbonyl (C=O) groups is 2. The third-order valence-electron chi connectivity index (χ3n) is 6.00. The number of nitrogens with zero attached hydrogens (tertiary/aromatic N) is 1. The fraction of sp³-hybridized carbons (Fsp3) is 0.346. The van der Waals surface area contributed by atoms with Gasteiger partial charge in [-0.3, -0.25) is 4.79 Å². The molecule has 7 nitrogen and oxygen atoms in total. The minimum Gasteiger partial charge on any atom is -0.460 e. The quantitative estimate of drug-likeness (QED) is 0.177. The highest BCUT2D eigenvalue weighted by atomic mass is 32.1. The van der Waals surface area contributed by atoms with E-state index in [-0.39, 0.29) is 30.5 Å². The molecule has 1 aliphatic heterocycles. The fourth-order valence-electron chi connectivity index (χ4n) is 4.02. The van der Waals surface area contributed by atoms with Crippen molar-refractivity contribution in [3.05, 3.63) is 76.0 Å². The average Bonchev–Trinajstić information content (AvgIpc) is 2.87. The number of amides is 1. The number of rotatable bonds is 8. The van der Waals surface area contributed by atoms with Crippen LogP contribution in [0.5, 0.6) is 0 Å². The van der Waals surface area contributed by atoms with Crippen LogP contribution >= 0.6 is 12.2 Å². The maximum Gasteiger partial charge on any atom is 0.416 e. The summed E-state index contributed by atoms with van der Waals surface area (Å²) in [5, 5.41) is 5.74. The Hall–Kier alpha value is -3.65. The van der Waals surface area contributed by atoms with Gasteiger partial charge in [0, 0.05) is 30.6 Å². The molecule has 1 atom stereocenters. The number of halogens is 6. The third kappa shape index (κ3) is 7.10. The Morgan fingerprint density at radius 1 is 1.00 bits per heavy atom. The molecule has 1 amide bonds. The minimum absolute atomic E-state index is 0.0198. The second kappa shape index (κ2) is 12.3. The van der Waals surface area contributed by atoms with Gasteiger partial charge in [0.1, 0.15) is 6.61 Å². The lowest BCUT2D eigenvalue weighted by Gasteiger charge is -2.37. The minimum atomic E-state index is -5.09. The SMILES string of the molecule is CCN1C(=S)NC(c2ccc(NC(=O)c3cc(C(F)(F)F)cc(C(F)(F)F)c3)cc2)C(C(=O)OCCOC)=C1C. The smallest absolute Gasteiger partial charge is 0.416 e. The van der Waals surface area contributed by atoms with Crippen molar-refractivity contribution in [2.45, 2.75) is 32.2 Å². The van der Waals surface area contributed by atoms with Crippen LogP contribution in [0.4, 0.5) is 32.0 Å². The van der Waals surface area contributed by atoms with E-state index < -0.39 is 47.0 Å². The number of hydrogen-bond donors (Lipinski definition) is 2. The molecule has 40 heavy (non-hydrogen) atoms. The molecule has 3 rings (SSSR count). The van der Waals surface area contributed by atoms with E-state index in [1.807, 2.05) is 6.92 Å². The Labute approximate surface area is 231 Å². The van der Waals surface area contributed by atoms with Crippen molar-refractivity contribution in [3.63, 3.8) is 0 Å². The maximum absolute atomic E-state index is 13.2. The van der Waals surface area contributed by atoms with Crippen molar-refractivity contribution in [3.8, 4) is 0 Å². The Morgan fingerprint density at radius 2 is 1.57 bits per heavy atom. The number of esters is 1. The average molecular weight is 590 g/mol. The molecule has 0 saturated heterocycles. The van der Waals surface area contributed by atoms with E-state index in [0.29, 0.717) is 35.1 Å². The number of ether oxygens (including phenoxy) is 2. The number of hydrogen-bond acceptors (Lipinski definition) is 5. The van der Waals surface area contributed by atoms with E-state index >= 15 is 0 Å². The molecule has 1 unspecified atom stereocenters. The van der Waals surface area contributed by atoms with Crippen molar-refractivity contribution < 1.29 is 45.4 Å². The van der Waals surface area contributed by atoms with Gasteiger partial charge in [-0.15, -0.1) is 0 Å². The van der Waals surface area contributed by atoms with Gasteiger partial charge in [0.2, 0.25) is 0 Å². The summed E-state index contributed by atoms with van der Waals surface area (Å²) in [5.41, 5.74) is -2.53. The molecule has 0 bridgehead atoms. The van der Waals surface area contributed by atoms with Crippen LogP contribution in [0.1, 0.15) is 46.9 Å². The zero-order valence-electron chi connectivity index (χ0n) is 21.5. The molecule has 1 aliphatic rings. The van der Waals surface area contributed by atoms with Crippen LogP contribution in [0.25, 0.3) is 0 Å². The van der Waals surface area contributed by atoms with Crippen molar-refractivity contribution in [1.29, 1.82) is 0 Å². The summed E-state index contributed by atoms with van der Waals surface area (Å²) >= 11 is 5.43. The first-order valence-electron chi connectivity index (χ1n) is 11.8. The van der Waals surface area contributed by atoms with Crippen LogP contribution in [0.2, 0.25) is 0 Å².